The third kappa shape index (κ3) is 3.92. The van der Waals surface area contributed by atoms with E-state index in [0.717, 1.165) is 29.7 Å². The number of hydrogen-bond acceptors (Lipinski definition) is 3. The van der Waals surface area contributed by atoms with Crippen LogP contribution >= 0.6 is 0 Å². The molecule has 9 heteroatoms. The third-order valence-electron chi connectivity index (χ3n) is 5.17. The average Bonchev–Trinajstić information content (AvgIpc) is 3.32. The summed E-state index contributed by atoms with van der Waals surface area (Å²) in [5.41, 5.74) is 1.81. The lowest BCUT2D eigenvalue weighted by Gasteiger charge is -2.25. The number of likely N-dealkylation sites (tertiary alicyclic amines) is 1. The Morgan fingerprint density at radius 1 is 1.20 bits per heavy atom. The highest BCUT2D eigenvalue weighted by atomic mass is 19.4. The van der Waals surface area contributed by atoms with E-state index in [2.05, 4.69) is 14.6 Å². The van der Waals surface area contributed by atoms with Crippen LogP contribution in [0.2, 0.25) is 0 Å². The van der Waals surface area contributed by atoms with Crippen LogP contribution in [0.1, 0.15) is 31.6 Å². The molecule has 0 aliphatic carbocycles. The first-order valence-electron chi connectivity index (χ1n) is 9.75. The molecule has 1 aliphatic rings. The Labute approximate surface area is 171 Å². The van der Waals surface area contributed by atoms with E-state index < -0.39 is 18.1 Å². The second-order valence-electron chi connectivity index (χ2n) is 7.03. The van der Waals surface area contributed by atoms with E-state index >= 15 is 0 Å². The molecule has 1 N–H and O–H groups in total. The maximum Gasteiger partial charge on any atom is 0.573 e. The van der Waals surface area contributed by atoms with Crippen molar-refractivity contribution >= 4 is 22.8 Å². The van der Waals surface area contributed by atoms with Crippen LogP contribution in [0.15, 0.2) is 48.5 Å². The molecule has 0 spiro atoms. The average molecular weight is 418 g/mol. The van der Waals surface area contributed by atoms with Crippen molar-refractivity contribution in [1.29, 1.82) is 0 Å². The highest BCUT2D eigenvalue weighted by Crippen LogP contribution is 2.35. The molecule has 2 aromatic carbocycles. The lowest BCUT2D eigenvalue weighted by Crippen LogP contribution is -2.35. The summed E-state index contributed by atoms with van der Waals surface area (Å²) in [6.07, 6.45) is -3.33. The van der Waals surface area contributed by atoms with Crippen LogP contribution in [-0.4, -0.2) is 33.4 Å². The van der Waals surface area contributed by atoms with Crippen LogP contribution in [0.5, 0.6) is 5.75 Å². The lowest BCUT2D eigenvalue weighted by atomic mass is 10.2. The van der Waals surface area contributed by atoms with Gasteiger partial charge in [0.1, 0.15) is 5.82 Å². The minimum atomic E-state index is -4.84. The molecule has 158 valence electrons. The van der Waals surface area contributed by atoms with Gasteiger partial charge in [-0.3, -0.25) is 0 Å². The van der Waals surface area contributed by atoms with Gasteiger partial charge in [-0.2, -0.15) is 0 Å². The van der Waals surface area contributed by atoms with Gasteiger partial charge in [-0.1, -0.05) is 24.3 Å². The number of fused-ring (bicyclic) bond motifs is 1. The summed E-state index contributed by atoms with van der Waals surface area (Å²) < 4.78 is 44.1. The van der Waals surface area contributed by atoms with E-state index in [4.69, 9.17) is 4.98 Å². The molecule has 3 aromatic rings. The summed E-state index contributed by atoms with van der Waals surface area (Å²) in [5, 5.41) is 2.57. The maximum absolute atomic E-state index is 13.0. The highest BCUT2D eigenvalue weighted by molar-refractivity contribution is 5.91. The van der Waals surface area contributed by atoms with Crippen molar-refractivity contribution in [1.82, 2.24) is 14.5 Å². The van der Waals surface area contributed by atoms with Crippen molar-refractivity contribution in [2.75, 3.05) is 11.9 Å². The molecule has 2 amide bonds. The number of carbonyl (C=O) groups is 1. The van der Waals surface area contributed by atoms with Gasteiger partial charge in [0.25, 0.3) is 0 Å². The van der Waals surface area contributed by atoms with Crippen molar-refractivity contribution < 1.29 is 22.7 Å². The van der Waals surface area contributed by atoms with Crippen LogP contribution in [-0.2, 0) is 6.54 Å². The molecule has 1 saturated heterocycles. The maximum atomic E-state index is 13.0. The first-order chi connectivity index (χ1) is 14.4. The zero-order valence-corrected chi connectivity index (χ0v) is 16.3. The number of nitrogens with one attached hydrogen (secondary N) is 1. The predicted molar refractivity (Wildman–Crippen MR) is 106 cm³/mol. The van der Waals surface area contributed by atoms with Gasteiger partial charge >= 0.3 is 12.4 Å². The number of aryl methyl sites for hydroxylation is 1. The van der Waals surface area contributed by atoms with Crippen LogP contribution < -0.4 is 10.1 Å². The minimum Gasteiger partial charge on any atom is -0.404 e. The summed E-state index contributed by atoms with van der Waals surface area (Å²) in [4.78, 5) is 19.3. The number of alkyl halides is 3. The molecule has 1 unspecified atom stereocenters. The van der Waals surface area contributed by atoms with Gasteiger partial charge in [-0.05, 0) is 44.0 Å². The van der Waals surface area contributed by atoms with Crippen molar-refractivity contribution in [2.24, 2.45) is 0 Å². The van der Waals surface area contributed by atoms with Crippen LogP contribution in [0.3, 0.4) is 0 Å². The molecule has 1 aromatic heterocycles. The number of para-hydroxylation sites is 4. The summed E-state index contributed by atoms with van der Waals surface area (Å²) in [6.45, 7) is 3.21. The fourth-order valence-electron chi connectivity index (χ4n) is 3.93. The number of rotatable bonds is 4. The SMILES string of the molecule is CCn1c(C2CCCN2C(=O)Nc2ccccc2OC(F)(F)F)nc2ccccc21. The number of halogens is 3. The Morgan fingerprint density at radius 2 is 1.93 bits per heavy atom. The molecule has 30 heavy (non-hydrogen) atoms. The quantitative estimate of drug-likeness (QED) is 0.624. The first kappa shape index (κ1) is 20.1. The van der Waals surface area contributed by atoms with Crippen molar-refractivity contribution in [3.05, 3.63) is 54.4 Å². The summed E-state index contributed by atoms with van der Waals surface area (Å²) in [6, 6.07) is 12.5. The molecular formula is C21H21F3N4O2. The van der Waals surface area contributed by atoms with Gasteiger partial charge in [0, 0.05) is 13.1 Å². The number of carbonyl (C=O) groups excluding carboxylic acids is 1. The van der Waals surface area contributed by atoms with Crippen LogP contribution in [0.25, 0.3) is 11.0 Å². The van der Waals surface area contributed by atoms with Crippen molar-refractivity contribution in [3.63, 3.8) is 0 Å². The number of amides is 2. The summed E-state index contributed by atoms with van der Waals surface area (Å²) in [7, 11) is 0. The van der Waals surface area contributed by atoms with Gasteiger partial charge in [-0.15, -0.1) is 13.2 Å². The minimum absolute atomic E-state index is 0.0329. The fourth-order valence-corrected chi connectivity index (χ4v) is 3.93. The second-order valence-corrected chi connectivity index (χ2v) is 7.03. The Bertz CT molecular complexity index is 1060. The predicted octanol–water partition coefficient (Wildman–Crippen LogP) is 5.32. The number of imidazole rings is 1. The molecule has 6 nitrogen and oxygen atoms in total. The molecule has 0 radical (unpaired) electrons. The third-order valence-corrected chi connectivity index (χ3v) is 5.17. The molecule has 0 saturated carbocycles. The zero-order chi connectivity index (χ0) is 21.3. The van der Waals surface area contributed by atoms with E-state index in [9.17, 15) is 18.0 Å². The molecule has 1 fully saturated rings. The van der Waals surface area contributed by atoms with Gasteiger partial charge < -0.3 is 19.5 Å². The first-order valence-corrected chi connectivity index (χ1v) is 9.75. The number of nitrogens with zero attached hydrogens (tertiary/aromatic N) is 3. The number of benzene rings is 2. The smallest absolute Gasteiger partial charge is 0.404 e. The summed E-state index contributed by atoms with van der Waals surface area (Å²) in [5.74, 6) is 0.334. The second kappa shape index (κ2) is 7.89. The van der Waals surface area contributed by atoms with Gasteiger partial charge in [0.05, 0.1) is 22.8 Å². The van der Waals surface area contributed by atoms with Crippen molar-refractivity contribution in [2.45, 2.75) is 38.7 Å². The molecule has 4 rings (SSSR count). The number of hydrogen-bond donors (Lipinski definition) is 1. The zero-order valence-electron chi connectivity index (χ0n) is 16.3. The Morgan fingerprint density at radius 3 is 2.70 bits per heavy atom. The Balaban J connectivity index is 1.60. The topological polar surface area (TPSA) is 59.4 Å². The van der Waals surface area contributed by atoms with E-state index in [1.165, 1.54) is 24.3 Å². The number of ether oxygens (including phenoxy) is 1. The molecule has 2 heterocycles. The monoisotopic (exact) mass is 418 g/mol. The highest BCUT2D eigenvalue weighted by Gasteiger charge is 2.35. The van der Waals surface area contributed by atoms with E-state index in [0.29, 0.717) is 13.1 Å². The molecule has 1 aliphatic heterocycles. The largest absolute Gasteiger partial charge is 0.573 e. The van der Waals surface area contributed by atoms with Crippen LogP contribution in [0, 0.1) is 0 Å². The normalized spacial score (nSPS) is 16.8. The number of urea groups is 1. The van der Waals surface area contributed by atoms with E-state index in [1.54, 1.807) is 4.90 Å². The molecule has 0 bridgehead atoms. The molecular weight excluding hydrogens is 397 g/mol. The van der Waals surface area contributed by atoms with Crippen molar-refractivity contribution in [3.8, 4) is 5.75 Å². The fraction of sp³-hybridized carbons (Fsp3) is 0.333. The van der Waals surface area contributed by atoms with Gasteiger partial charge in [0.2, 0.25) is 0 Å². The van der Waals surface area contributed by atoms with E-state index in [1.807, 2.05) is 31.2 Å². The van der Waals surface area contributed by atoms with Gasteiger partial charge in [-0.25, -0.2) is 9.78 Å². The van der Waals surface area contributed by atoms with E-state index in [-0.39, 0.29) is 11.7 Å². The standard InChI is InChI=1S/C21H21F3N4O2/c1-2-27-16-10-5-3-8-14(16)25-19(27)17-11-7-13-28(17)20(29)26-15-9-4-6-12-18(15)30-21(22,23)24/h3-6,8-10,12,17H,2,7,11,13H2,1H3,(H,26,29). The van der Waals surface area contributed by atoms with Crippen LogP contribution in [0.4, 0.5) is 23.7 Å². The Hall–Kier alpha value is -3.23. The number of anilines is 1. The lowest BCUT2D eigenvalue weighted by molar-refractivity contribution is -0.274. The van der Waals surface area contributed by atoms with Gasteiger partial charge in [0.15, 0.2) is 5.75 Å². The molecule has 1 atom stereocenters. The Kier molecular flexibility index (Phi) is 5.27. The summed E-state index contributed by atoms with van der Waals surface area (Å²) >= 11 is 0. The number of aromatic nitrogens is 2.